The number of likely N-dealkylation sites (tertiary alicyclic amines) is 1. The van der Waals surface area contributed by atoms with Gasteiger partial charge >= 0.3 is 6.03 Å². The van der Waals surface area contributed by atoms with E-state index in [2.05, 4.69) is 15.5 Å². The lowest BCUT2D eigenvalue weighted by atomic mass is 9.64. The SMILES string of the molecule is CC(=O)c1cccc(NC(=O)NCCCN2C[C@@H]3C[C@@H](c4ccc(F)cc4)[C@@H]3C2)c1. The van der Waals surface area contributed by atoms with E-state index in [4.69, 9.17) is 0 Å². The molecule has 0 radical (unpaired) electrons. The molecular weight excluding hydrogens is 381 g/mol. The molecule has 0 unspecified atom stereocenters. The number of nitrogens with one attached hydrogen (secondary N) is 2. The second-order valence-electron chi connectivity index (χ2n) is 8.45. The maximum atomic E-state index is 13.1. The van der Waals surface area contributed by atoms with E-state index in [1.807, 2.05) is 12.1 Å². The molecule has 0 aromatic heterocycles. The number of fused-ring (bicyclic) bond motifs is 1. The number of hydrogen-bond donors (Lipinski definition) is 2. The third-order valence-corrected chi connectivity index (χ3v) is 6.40. The maximum Gasteiger partial charge on any atom is 0.319 e. The first kappa shape index (κ1) is 20.5. The van der Waals surface area contributed by atoms with Crippen LogP contribution in [0.5, 0.6) is 0 Å². The highest BCUT2D eigenvalue weighted by Crippen LogP contribution is 2.51. The van der Waals surface area contributed by atoms with E-state index in [1.165, 1.54) is 18.9 Å². The van der Waals surface area contributed by atoms with Gasteiger partial charge in [0.1, 0.15) is 5.82 Å². The van der Waals surface area contributed by atoms with Gasteiger partial charge in [0.05, 0.1) is 0 Å². The van der Waals surface area contributed by atoms with Crippen molar-refractivity contribution < 1.29 is 14.0 Å². The van der Waals surface area contributed by atoms with Gasteiger partial charge in [-0.15, -0.1) is 0 Å². The van der Waals surface area contributed by atoms with Gasteiger partial charge in [-0.3, -0.25) is 4.79 Å². The van der Waals surface area contributed by atoms with E-state index < -0.39 is 0 Å². The number of amides is 2. The Hall–Kier alpha value is -2.73. The summed E-state index contributed by atoms with van der Waals surface area (Å²) in [6, 6.07) is 13.6. The van der Waals surface area contributed by atoms with Crippen LogP contribution in [0, 0.1) is 17.7 Å². The number of carbonyl (C=O) groups is 2. The van der Waals surface area contributed by atoms with E-state index in [9.17, 15) is 14.0 Å². The monoisotopic (exact) mass is 409 g/mol. The fraction of sp³-hybridized carbons (Fsp3) is 0.417. The van der Waals surface area contributed by atoms with Gasteiger partial charge in [0.25, 0.3) is 0 Å². The lowest BCUT2D eigenvalue weighted by Crippen LogP contribution is -2.33. The Morgan fingerprint density at radius 3 is 2.70 bits per heavy atom. The van der Waals surface area contributed by atoms with Crippen LogP contribution in [0.25, 0.3) is 0 Å². The summed E-state index contributed by atoms with van der Waals surface area (Å²) in [7, 11) is 0. The number of halogens is 1. The van der Waals surface area contributed by atoms with Crippen molar-refractivity contribution in [2.75, 3.05) is 31.5 Å². The largest absolute Gasteiger partial charge is 0.338 e. The molecule has 2 aromatic carbocycles. The summed E-state index contributed by atoms with van der Waals surface area (Å²) in [6.45, 7) is 5.27. The van der Waals surface area contributed by atoms with Gasteiger partial charge in [0.15, 0.2) is 5.78 Å². The smallest absolute Gasteiger partial charge is 0.319 e. The molecule has 2 fully saturated rings. The Morgan fingerprint density at radius 1 is 1.13 bits per heavy atom. The number of urea groups is 1. The van der Waals surface area contributed by atoms with E-state index in [1.54, 1.807) is 36.4 Å². The van der Waals surface area contributed by atoms with Crippen molar-refractivity contribution in [2.24, 2.45) is 11.8 Å². The highest BCUT2D eigenvalue weighted by atomic mass is 19.1. The van der Waals surface area contributed by atoms with Gasteiger partial charge in [-0.25, -0.2) is 9.18 Å². The number of nitrogens with zero attached hydrogens (tertiary/aromatic N) is 1. The van der Waals surface area contributed by atoms with Crippen molar-refractivity contribution in [3.05, 3.63) is 65.5 Å². The van der Waals surface area contributed by atoms with E-state index in [0.29, 0.717) is 29.6 Å². The fourth-order valence-electron chi connectivity index (χ4n) is 4.77. The zero-order valence-electron chi connectivity index (χ0n) is 17.2. The molecule has 4 rings (SSSR count). The minimum absolute atomic E-state index is 0.0275. The van der Waals surface area contributed by atoms with E-state index >= 15 is 0 Å². The molecule has 1 aliphatic heterocycles. The Labute approximate surface area is 176 Å². The van der Waals surface area contributed by atoms with Crippen molar-refractivity contribution in [2.45, 2.75) is 25.7 Å². The zero-order valence-corrected chi connectivity index (χ0v) is 17.2. The number of hydrogen-bond acceptors (Lipinski definition) is 3. The molecule has 0 bridgehead atoms. The molecule has 2 N–H and O–H groups in total. The molecule has 30 heavy (non-hydrogen) atoms. The second-order valence-corrected chi connectivity index (χ2v) is 8.45. The van der Waals surface area contributed by atoms with Crippen molar-refractivity contribution in [1.82, 2.24) is 10.2 Å². The second kappa shape index (κ2) is 8.96. The number of anilines is 1. The Bertz CT molecular complexity index is 915. The minimum atomic E-state index is -0.256. The van der Waals surface area contributed by atoms with Crippen LogP contribution in [0.15, 0.2) is 48.5 Å². The first-order chi connectivity index (χ1) is 14.5. The summed E-state index contributed by atoms with van der Waals surface area (Å²) < 4.78 is 13.1. The molecule has 0 spiro atoms. The quantitative estimate of drug-likeness (QED) is 0.530. The van der Waals surface area contributed by atoms with Crippen molar-refractivity contribution in [1.29, 1.82) is 0 Å². The van der Waals surface area contributed by atoms with Crippen LogP contribution in [-0.2, 0) is 0 Å². The van der Waals surface area contributed by atoms with Crippen molar-refractivity contribution in [3.63, 3.8) is 0 Å². The van der Waals surface area contributed by atoms with Crippen LogP contribution < -0.4 is 10.6 Å². The molecule has 1 saturated carbocycles. The Kier molecular flexibility index (Phi) is 6.13. The third-order valence-electron chi connectivity index (χ3n) is 6.40. The molecule has 5 nitrogen and oxygen atoms in total. The molecule has 1 aliphatic carbocycles. The average molecular weight is 410 g/mol. The summed E-state index contributed by atoms with van der Waals surface area (Å²) in [6.07, 6.45) is 2.08. The average Bonchev–Trinajstić information content (AvgIpc) is 3.03. The lowest BCUT2D eigenvalue weighted by molar-refractivity contribution is 0.101. The first-order valence-electron chi connectivity index (χ1n) is 10.6. The lowest BCUT2D eigenvalue weighted by Gasteiger charge is -2.40. The number of Topliss-reactive ketones (excluding diaryl/α,β-unsaturated/α-hetero) is 1. The number of ketones is 1. The van der Waals surface area contributed by atoms with Crippen LogP contribution in [-0.4, -0.2) is 42.9 Å². The van der Waals surface area contributed by atoms with Gasteiger partial charge in [-0.1, -0.05) is 24.3 Å². The summed E-state index contributed by atoms with van der Waals surface area (Å²) in [5.74, 6) is 1.76. The van der Waals surface area contributed by atoms with E-state index in [0.717, 1.165) is 32.0 Å². The molecule has 2 amide bonds. The predicted molar refractivity (Wildman–Crippen MR) is 115 cm³/mol. The molecule has 3 atom stereocenters. The summed E-state index contributed by atoms with van der Waals surface area (Å²) >= 11 is 0. The number of carbonyl (C=O) groups excluding carboxylic acids is 2. The summed E-state index contributed by atoms with van der Waals surface area (Å²) in [4.78, 5) is 26.0. The van der Waals surface area contributed by atoms with Crippen LogP contribution in [0.2, 0.25) is 0 Å². The summed E-state index contributed by atoms with van der Waals surface area (Å²) in [5.41, 5.74) is 2.45. The van der Waals surface area contributed by atoms with Crippen molar-refractivity contribution >= 4 is 17.5 Å². The highest BCUT2D eigenvalue weighted by molar-refractivity contribution is 5.96. The molecule has 158 valence electrons. The standard InChI is InChI=1S/C24H28FN3O2/c1-16(29)18-4-2-5-21(12-18)27-24(30)26-10-3-11-28-14-19-13-22(23(19)15-28)17-6-8-20(25)9-7-17/h2,4-9,12,19,22-23H,3,10-11,13-15H2,1H3,(H2,26,27,30)/t19-,22-,23+/m0/s1. The number of rotatable bonds is 7. The molecular formula is C24H28FN3O2. The van der Waals surface area contributed by atoms with Gasteiger partial charge in [0, 0.05) is 30.9 Å². The van der Waals surface area contributed by atoms with Gasteiger partial charge < -0.3 is 15.5 Å². The van der Waals surface area contributed by atoms with E-state index in [-0.39, 0.29) is 17.6 Å². The van der Waals surface area contributed by atoms with Crippen LogP contribution >= 0.6 is 0 Å². The molecule has 6 heteroatoms. The summed E-state index contributed by atoms with van der Waals surface area (Å²) in [5, 5.41) is 5.66. The normalized spacial score (nSPS) is 22.8. The Balaban J connectivity index is 1.16. The first-order valence-corrected chi connectivity index (χ1v) is 10.6. The number of benzene rings is 2. The van der Waals surface area contributed by atoms with Crippen LogP contribution in [0.4, 0.5) is 14.9 Å². The van der Waals surface area contributed by atoms with Crippen LogP contribution in [0.1, 0.15) is 41.6 Å². The highest BCUT2D eigenvalue weighted by Gasteiger charge is 2.47. The molecule has 1 saturated heterocycles. The predicted octanol–water partition coefficient (Wildman–Crippen LogP) is 4.28. The molecule has 1 heterocycles. The zero-order chi connectivity index (χ0) is 21.1. The maximum absolute atomic E-state index is 13.1. The van der Waals surface area contributed by atoms with Gasteiger partial charge in [-0.2, -0.15) is 0 Å². The van der Waals surface area contributed by atoms with Crippen LogP contribution in [0.3, 0.4) is 0 Å². The van der Waals surface area contributed by atoms with Crippen molar-refractivity contribution in [3.8, 4) is 0 Å². The fourth-order valence-corrected chi connectivity index (χ4v) is 4.77. The van der Waals surface area contributed by atoms with Gasteiger partial charge in [-0.05, 0) is 73.9 Å². The Morgan fingerprint density at radius 2 is 1.93 bits per heavy atom. The minimum Gasteiger partial charge on any atom is -0.338 e. The topological polar surface area (TPSA) is 61.4 Å². The third kappa shape index (κ3) is 4.70. The molecule has 2 aromatic rings. The molecule has 2 aliphatic rings. The van der Waals surface area contributed by atoms with Gasteiger partial charge in [0.2, 0.25) is 0 Å².